The van der Waals surface area contributed by atoms with E-state index in [4.69, 9.17) is 9.47 Å². The molecule has 0 unspecified atom stereocenters. The maximum absolute atomic E-state index is 6.36. The van der Waals surface area contributed by atoms with Gasteiger partial charge in [0.1, 0.15) is 0 Å². The van der Waals surface area contributed by atoms with Crippen molar-refractivity contribution in [1.82, 2.24) is 10.6 Å². The Hall–Kier alpha value is -0.160. The second-order valence-corrected chi connectivity index (χ2v) is 18.4. The fourth-order valence-corrected chi connectivity index (χ4v) is 9.04. The molecule has 0 radical (unpaired) electrons. The topological polar surface area (TPSA) is 42.5 Å². The van der Waals surface area contributed by atoms with E-state index in [1.54, 1.807) is 0 Å². The lowest BCUT2D eigenvalue weighted by Crippen LogP contribution is -2.59. The first-order chi connectivity index (χ1) is 21.7. The summed E-state index contributed by atoms with van der Waals surface area (Å²) in [6, 6.07) is 0. The molecular weight excluding hydrogens is 564 g/mol. The molecule has 0 aromatic heterocycles. The Kier molecular flexibility index (Phi) is 19.9. The highest BCUT2D eigenvalue weighted by molar-refractivity contribution is 4.98. The molecule has 3 aliphatic rings. The molecule has 0 aromatic carbocycles. The van der Waals surface area contributed by atoms with E-state index in [1.807, 2.05) is 0 Å². The minimum atomic E-state index is 0.195. The van der Waals surface area contributed by atoms with Crippen molar-refractivity contribution in [1.29, 1.82) is 0 Å². The summed E-state index contributed by atoms with van der Waals surface area (Å²) in [5.41, 5.74) is 0.810. The van der Waals surface area contributed by atoms with Crippen LogP contribution in [0.5, 0.6) is 0 Å². The van der Waals surface area contributed by atoms with E-state index >= 15 is 0 Å². The second-order valence-electron chi connectivity index (χ2n) is 18.4. The van der Waals surface area contributed by atoms with Crippen LogP contribution in [0.1, 0.15) is 223 Å². The van der Waals surface area contributed by atoms with E-state index in [0.29, 0.717) is 18.3 Å². The first-order valence-electron chi connectivity index (χ1n) is 20.6. The second kappa shape index (κ2) is 21.8. The summed E-state index contributed by atoms with van der Waals surface area (Å²) in [7, 11) is 0. The standard InChI is InChI=1S/C27H55NO.C15H29NO/c1-6-7-8-9-10-11-12-13-14-15-16-17-18-19-20-21-22-29-25-23-26(2,3)28-27(4,5)24-25;1-14(2)10-13(11-15(3,4)16-14)17-12-8-6-5-7-9-12/h25,28H,6-24H2,1-5H3;12-13,16H,5-11H2,1-4H3. The van der Waals surface area contributed by atoms with E-state index in [0.717, 1.165) is 32.3 Å². The summed E-state index contributed by atoms with van der Waals surface area (Å²) in [6.45, 7) is 21.7. The number of piperidine rings is 2. The van der Waals surface area contributed by atoms with Gasteiger partial charge in [-0.3, -0.25) is 0 Å². The maximum Gasteiger partial charge on any atom is 0.0613 e. The number of hydrogen-bond donors (Lipinski definition) is 2. The molecule has 4 heteroatoms. The monoisotopic (exact) mass is 649 g/mol. The van der Waals surface area contributed by atoms with Crippen LogP contribution in [0.25, 0.3) is 0 Å². The highest BCUT2D eigenvalue weighted by Gasteiger charge is 2.39. The third kappa shape index (κ3) is 20.4. The number of rotatable bonds is 20. The highest BCUT2D eigenvalue weighted by Crippen LogP contribution is 2.33. The minimum absolute atomic E-state index is 0.195. The lowest BCUT2D eigenvalue weighted by molar-refractivity contribution is -0.0749. The Morgan fingerprint density at radius 1 is 0.435 bits per heavy atom. The molecule has 0 spiro atoms. The Balaban J connectivity index is 0.000000364. The predicted octanol–water partition coefficient (Wildman–Crippen LogP) is 12.2. The fourth-order valence-electron chi connectivity index (χ4n) is 9.04. The summed E-state index contributed by atoms with van der Waals surface area (Å²) >= 11 is 0. The van der Waals surface area contributed by atoms with Gasteiger partial charge in [-0.25, -0.2) is 0 Å². The summed E-state index contributed by atoms with van der Waals surface area (Å²) in [4.78, 5) is 0. The summed E-state index contributed by atoms with van der Waals surface area (Å²) in [5.74, 6) is 0. The van der Waals surface area contributed by atoms with Gasteiger partial charge in [-0.05, 0) is 100 Å². The first-order valence-corrected chi connectivity index (χ1v) is 20.6. The zero-order valence-corrected chi connectivity index (χ0v) is 32.9. The fraction of sp³-hybridized carbons (Fsp3) is 1.00. The van der Waals surface area contributed by atoms with Gasteiger partial charge in [-0.2, -0.15) is 0 Å². The van der Waals surface area contributed by atoms with Crippen molar-refractivity contribution in [3.8, 4) is 0 Å². The van der Waals surface area contributed by atoms with E-state index in [-0.39, 0.29) is 22.2 Å². The SMILES string of the molecule is CC1(C)CC(OC2CCCCC2)CC(C)(C)N1.CCCCCCCCCCCCCCCCCCOC1CC(C)(C)NC(C)(C)C1. The molecule has 0 bridgehead atoms. The van der Waals surface area contributed by atoms with Gasteiger partial charge in [0, 0.05) is 28.8 Å². The van der Waals surface area contributed by atoms with Gasteiger partial charge in [0.25, 0.3) is 0 Å². The molecule has 2 heterocycles. The third-order valence-corrected chi connectivity index (χ3v) is 10.6. The van der Waals surface area contributed by atoms with Gasteiger partial charge >= 0.3 is 0 Å². The molecule has 0 atom stereocenters. The Morgan fingerprint density at radius 3 is 1.17 bits per heavy atom. The average Bonchev–Trinajstić information content (AvgIpc) is 2.92. The molecule has 0 amide bonds. The van der Waals surface area contributed by atoms with E-state index in [9.17, 15) is 0 Å². The van der Waals surface area contributed by atoms with Crippen LogP contribution in [0, 0.1) is 0 Å². The maximum atomic E-state index is 6.36. The zero-order chi connectivity index (χ0) is 33.9. The van der Waals surface area contributed by atoms with Crippen LogP contribution in [-0.4, -0.2) is 47.1 Å². The van der Waals surface area contributed by atoms with E-state index < -0.39 is 0 Å². The minimum Gasteiger partial charge on any atom is -0.378 e. The van der Waals surface area contributed by atoms with Gasteiger partial charge in [0.05, 0.1) is 18.3 Å². The Labute approximate surface area is 289 Å². The van der Waals surface area contributed by atoms with Gasteiger partial charge < -0.3 is 20.1 Å². The van der Waals surface area contributed by atoms with Crippen LogP contribution in [-0.2, 0) is 9.47 Å². The van der Waals surface area contributed by atoms with Crippen molar-refractivity contribution in [2.24, 2.45) is 0 Å². The van der Waals surface area contributed by atoms with Crippen molar-refractivity contribution < 1.29 is 9.47 Å². The van der Waals surface area contributed by atoms with Crippen molar-refractivity contribution in [3.05, 3.63) is 0 Å². The smallest absolute Gasteiger partial charge is 0.0613 e. The van der Waals surface area contributed by atoms with Gasteiger partial charge in [-0.15, -0.1) is 0 Å². The summed E-state index contributed by atoms with van der Waals surface area (Å²) in [5, 5.41) is 7.46. The normalized spacial score (nSPS) is 23.2. The Bertz CT molecular complexity index is 723. The van der Waals surface area contributed by atoms with Gasteiger partial charge in [0.15, 0.2) is 0 Å². The van der Waals surface area contributed by atoms with Crippen LogP contribution < -0.4 is 10.6 Å². The van der Waals surface area contributed by atoms with Crippen molar-refractivity contribution >= 4 is 0 Å². The quantitative estimate of drug-likeness (QED) is 0.129. The predicted molar refractivity (Wildman–Crippen MR) is 202 cm³/mol. The molecule has 0 aromatic rings. The number of hydrogen-bond acceptors (Lipinski definition) is 4. The van der Waals surface area contributed by atoms with Crippen LogP contribution >= 0.6 is 0 Å². The lowest BCUT2D eigenvalue weighted by atomic mass is 9.80. The largest absolute Gasteiger partial charge is 0.378 e. The first kappa shape index (κ1) is 42.0. The summed E-state index contributed by atoms with van der Waals surface area (Å²) in [6.07, 6.45) is 35.5. The summed E-state index contributed by atoms with van der Waals surface area (Å²) < 4.78 is 12.6. The molecule has 2 saturated heterocycles. The lowest BCUT2D eigenvalue weighted by Gasteiger charge is -2.47. The van der Waals surface area contributed by atoms with Crippen molar-refractivity contribution in [2.45, 2.75) is 263 Å². The van der Waals surface area contributed by atoms with Crippen LogP contribution in [0.15, 0.2) is 0 Å². The third-order valence-electron chi connectivity index (χ3n) is 10.6. The number of unbranched alkanes of at least 4 members (excludes halogenated alkanes) is 15. The molecule has 3 rings (SSSR count). The van der Waals surface area contributed by atoms with E-state index in [1.165, 1.54) is 135 Å². The van der Waals surface area contributed by atoms with Crippen LogP contribution in [0.2, 0.25) is 0 Å². The molecule has 1 saturated carbocycles. The zero-order valence-electron chi connectivity index (χ0n) is 32.9. The Morgan fingerprint density at radius 2 is 0.783 bits per heavy atom. The van der Waals surface area contributed by atoms with Crippen molar-refractivity contribution in [3.63, 3.8) is 0 Å². The van der Waals surface area contributed by atoms with Crippen molar-refractivity contribution in [2.75, 3.05) is 6.61 Å². The molecule has 274 valence electrons. The average molecular weight is 649 g/mol. The molecule has 46 heavy (non-hydrogen) atoms. The highest BCUT2D eigenvalue weighted by atomic mass is 16.5. The number of ether oxygens (including phenoxy) is 2. The number of nitrogens with one attached hydrogen (secondary N) is 2. The van der Waals surface area contributed by atoms with E-state index in [2.05, 4.69) is 72.9 Å². The van der Waals surface area contributed by atoms with Gasteiger partial charge in [0.2, 0.25) is 0 Å². The molecule has 4 nitrogen and oxygen atoms in total. The van der Waals surface area contributed by atoms with Crippen LogP contribution in [0.4, 0.5) is 0 Å². The van der Waals surface area contributed by atoms with Crippen LogP contribution in [0.3, 0.4) is 0 Å². The molecule has 1 aliphatic carbocycles. The van der Waals surface area contributed by atoms with Gasteiger partial charge in [-0.1, -0.05) is 122 Å². The molecule has 3 fully saturated rings. The molecule has 2 aliphatic heterocycles. The molecular formula is C42H84N2O2. The molecule has 2 N–H and O–H groups in total.